The largest absolute Gasteiger partial charge is 0.449 e. The number of aliphatic hydroxyl groups is 1. The Morgan fingerprint density at radius 3 is 2.05 bits per heavy atom. The van der Waals surface area contributed by atoms with Crippen LogP contribution in [0.3, 0.4) is 0 Å². The first-order valence-electron chi connectivity index (χ1n) is 13.3. The number of amides is 1. The summed E-state index contributed by atoms with van der Waals surface area (Å²) in [7, 11) is -1.58. The number of carbonyl (C=O) groups excluding carboxylic acids is 1. The van der Waals surface area contributed by atoms with E-state index >= 15 is 0 Å². The van der Waals surface area contributed by atoms with Crippen LogP contribution in [0.15, 0.2) is 53.4 Å². The SMILES string of the molecule is CC(C)[Si](Sc1ccc(CCOC(=O)N(C[C@H](O)c2cccc(Cl)c2)C(C)(C)C)cc1)(C(C)C)C(C)C. The fourth-order valence-corrected chi connectivity index (χ4v) is 14.6. The van der Waals surface area contributed by atoms with Gasteiger partial charge < -0.3 is 14.7 Å². The van der Waals surface area contributed by atoms with Crippen molar-refractivity contribution in [1.82, 2.24) is 4.90 Å². The Bertz CT molecular complexity index is 983. The zero-order valence-corrected chi connectivity index (χ0v) is 26.6. The molecule has 0 aliphatic carbocycles. The van der Waals surface area contributed by atoms with Crippen molar-refractivity contribution in [3.63, 3.8) is 0 Å². The topological polar surface area (TPSA) is 49.8 Å². The van der Waals surface area contributed by atoms with Gasteiger partial charge in [-0.3, -0.25) is 0 Å². The van der Waals surface area contributed by atoms with E-state index in [9.17, 15) is 9.90 Å². The first-order valence-corrected chi connectivity index (χ1v) is 17.5. The van der Waals surface area contributed by atoms with Crippen LogP contribution in [0.1, 0.15) is 79.5 Å². The van der Waals surface area contributed by atoms with E-state index in [0.717, 1.165) is 5.56 Å². The van der Waals surface area contributed by atoms with Gasteiger partial charge in [0.1, 0.15) is 7.22 Å². The second kappa shape index (κ2) is 13.5. The monoisotopic (exact) mass is 563 g/mol. The van der Waals surface area contributed by atoms with Crippen LogP contribution in [0, 0.1) is 0 Å². The number of aliphatic hydroxyl groups excluding tert-OH is 1. The van der Waals surface area contributed by atoms with Crippen LogP contribution < -0.4 is 0 Å². The van der Waals surface area contributed by atoms with Gasteiger partial charge >= 0.3 is 6.09 Å². The Hall–Kier alpha value is -1.47. The van der Waals surface area contributed by atoms with Crippen molar-refractivity contribution in [3.05, 3.63) is 64.7 Å². The number of halogens is 1. The highest BCUT2D eigenvalue weighted by Crippen LogP contribution is 2.51. The maximum absolute atomic E-state index is 13.0. The van der Waals surface area contributed by atoms with Crippen LogP contribution in [0.25, 0.3) is 0 Å². The van der Waals surface area contributed by atoms with E-state index in [-0.39, 0.29) is 13.2 Å². The molecule has 37 heavy (non-hydrogen) atoms. The van der Waals surface area contributed by atoms with Crippen LogP contribution in [-0.2, 0) is 11.2 Å². The molecule has 0 saturated carbocycles. The number of nitrogens with zero attached hydrogens (tertiary/aromatic N) is 1. The van der Waals surface area contributed by atoms with E-state index < -0.39 is 25.0 Å². The Morgan fingerprint density at radius 2 is 1.57 bits per heavy atom. The third-order valence-corrected chi connectivity index (χ3v) is 19.7. The molecule has 7 heteroatoms. The molecule has 0 spiro atoms. The molecule has 1 atom stereocenters. The van der Waals surface area contributed by atoms with Gasteiger partial charge in [0, 0.05) is 21.9 Å². The summed E-state index contributed by atoms with van der Waals surface area (Å²) < 4.78 is 5.65. The summed E-state index contributed by atoms with van der Waals surface area (Å²) in [6.45, 7) is 20.5. The fraction of sp³-hybridized carbons (Fsp3) is 0.567. The first kappa shape index (κ1) is 31.7. The summed E-state index contributed by atoms with van der Waals surface area (Å²) in [4.78, 5) is 15.9. The highest BCUT2D eigenvalue weighted by molar-refractivity contribution is 8.29. The fourth-order valence-electron chi connectivity index (χ4n) is 5.23. The second-order valence-electron chi connectivity index (χ2n) is 11.8. The molecule has 0 aliphatic rings. The number of ether oxygens (including phenoxy) is 1. The summed E-state index contributed by atoms with van der Waals surface area (Å²) >= 11 is 8.20. The molecule has 2 rings (SSSR count). The van der Waals surface area contributed by atoms with Gasteiger partial charge in [0.15, 0.2) is 0 Å². The molecule has 4 nitrogen and oxygen atoms in total. The van der Waals surface area contributed by atoms with Crippen LogP contribution in [0.5, 0.6) is 0 Å². The lowest BCUT2D eigenvalue weighted by Crippen LogP contribution is -2.48. The number of β-amino-alcohol motifs (C(OH)–C–C–N with tert-alkyl or cyclic N) is 1. The van der Waals surface area contributed by atoms with Crippen LogP contribution in [0.4, 0.5) is 4.79 Å². The molecule has 0 fully saturated rings. The normalized spacial score (nSPS) is 13.4. The predicted octanol–water partition coefficient (Wildman–Crippen LogP) is 9.12. The number of rotatable bonds is 11. The van der Waals surface area contributed by atoms with Gasteiger partial charge in [-0.05, 0) is 72.8 Å². The van der Waals surface area contributed by atoms with E-state index in [4.69, 9.17) is 16.3 Å². The van der Waals surface area contributed by atoms with Gasteiger partial charge in [-0.15, -0.1) is 0 Å². The molecular formula is C30H46ClNO3SSi. The van der Waals surface area contributed by atoms with Crippen molar-refractivity contribution in [2.75, 3.05) is 13.2 Å². The standard InChI is InChI=1S/C30H46ClNO3SSi/c1-21(2)37(22(3)4,23(5)6)36-27-15-13-24(14-16-27)17-18-35-29(34)32(30(7,8)9)20-28(33)25-11-10-12-26(31)19-25/h10-16,19,21-23,28,33H,17-18,20H2,1-9H3/t28-/m0/s1. The lowest BCUT2D eigenvalue weighted by Gasteiger charge is -2.42. The summed E-state index contributed by atoms with van der Waals surface area (Å²) in [5.41, 5.74) is 3.39. The summed E-state index contributed by atoms with van der Waals surface area (Å²) in [5, 5.41) is 11.3. The van der Waals surface area contributed by atoms with Gasteiger partial charge in [-0.25, -0.2) is 4.79 Å². The van der Waals surface area contributed by atoms with Crippen molar-refractivity contribution >= 4 is 36.1 Å². The molecule has 0 aliphatic heterocycles. The molecule has 1 N–H and O–H groups in total. The molecular weight excluding hydrogens is 518 g/mol. The van der Waals surface area contributed by atoms with E-state index in [1.54, 1.807) is 29.2 Å². The number of carbonyl (C=O) groups is 1. The predicted molar refractivity (Wildman–Crippen MR) is 161 cm³/mol. The van der Waals surface area contributed by atoms with E-state index in [0.29, 0.717) is 33.6 Å². The molecule has 0 heterocycles. The van der Waals surface area contributed by atoms with Crippen LogP contribution in [0.2, 0.25) is 21.6 Å². The zero-order valence-electron chi connectivity index (χ0n) is 24.0. The minimum absolute atomic E-state index is 0.127. The van der Waals surface area contributed by atoms with Crippen molar-refractivity contribution < 1.29 is 14.6 Å². The second-order valence-corrected chi connectivity index (χ2v) is 20.8. The van der Waals surface area contributed by atoms with Gasteiger partial charge in [0.2, 0.25) is 0 Å². The summed E-state index contributed by atoms with van der Waals surface area (Å²) in [6.07, 6.45) is -0.636. The summed E-state index contributed by atoms with van der Waals surface area (Å²) in [6, 6.07) is 15.8. The highest BCUT2D eigenvalue weighted by atomic mass is 35.5. The molecule has 1 amide bonds. The molecule has 0 radical (unpaired) electrons. The Morgan fingerprint density at radius 1 is 1.00 bits per heavy atom. The number of benzene rings is 2. The molecule has 2 aromatic rings. The molecule has 2 aromatic carbocycles. The van der Waals surface area contributed by atoms with Crippen molar-refractivity contribution in [1.29, 1.82) is 0 Å². The van der Waals surface area contributed by atoms with Gasteiger partial charge in [-0.1, -0.05) is 77.4 Å². The van der Waals surface area contributed by atoms with E-state index in [2.05, 4.69) is 77.0 Å². The van der Waals surface area contributed by atoms with Gasteiger partial charge in [-0.2, -0.15) is 11.2 Å². The summed E-state index contributed by atoms with van der Waals surface area (Å²) in [5.74, 6) is 0. The maximum Gasteiger partial charge on any atom is 0.410 e. The van der Waals surface area contributed by atoms with Crippen molar-refractivity contribution in [2.24, 2.45) is 0 Å². The molecule has 0 unspecified atom stereocenters. The van der Waals surface area contributed by atoms with Gasteiger partial charge in [0.05, 0.1) is 19.3 Å². The minimum Gasteiger partial charge on any atom is -0.449 e. The van der Waals surface area contributed by atoms with Gasteiger partial charge in [0.25, 0.3) is 0 Å². The van der Waals surface area contributed by atoms with E-state index in [1.165, 1.54) is 4.90 Å². The Balaban J connectivity index is 2.00. The van der Waals surface area contributed by atoms with Crippen LogP contribution in [-0.4, -0.2) is 42.0 Å². The maximum atomic E-state index is 13.0. The van der Waals surface area contributed by atoms with Crippen molar-refractivity contribution in [3.8, 4) is 0 Å². The molecule has 0 bridgehead atoms. The number of hydrogen-bond acceptors (Lipinski definition) is 4. The Labute approximate surface area is 234 Å². The first-order chi connectivity index (χ1) is 17.2. The number of hydrogen-bond donors (Lipinski definition) is 1. The van der Waals surface area contributed by atoms with E-state index in [1.807, 2.05) is 20.8 Å². The molecule has 206 valence electrons. The highest BCUT2D eigenvalue weighted by Gasteiger charge is 2.44. The van der Waals surface area contributed by atoms with Crippen LogP contribution >= 0.6 is 22.8 Å². The smallest absolute Gasteiger partial charge is 0.410 e. The Kier molecular flexibility index (Phi) is 11.6. The minimum atomic E-state index is -1.58. The third kappa shape index (κ3) is 8.51. The quantitative estimate of drug-likeness (QED) is 0.277. The average Bonchev–Trinajstić information content (AvgIpc) is 2.80. The zero-order chi connectivity index (χ0) is 28.0. The average molecular weight is 564 g/mol. The molecule has 0 saturated heterocycles. The van der Waals surface area contributed by atoms with Crippen molar-refractivity contribution in [2.45, 2.75) is 102 Å². The lowest BCUT2D eigenvalue weighted by molar-refractivity contribution is 0.0368. The third-order valence-electron chi connectivity index (χ3n) is 7.16. The lowest BCUT2D eigenvalue weighted by atomic mass is 10.0. The molecule has 0 aromatic heterocycles.